The lowest BCUT2D eigenvalue weighted by molar-refractivity contribution is 0.0203. The summed E-state index contributed by atoms with van der Waals surface area (Å²) in [7, 11) is 0. The number of carbonyl (C=O) groups is 1. The first kappa shape index (κ1) is 18.4. The third-order valence-electron chi connectivity index (χ3n) is 4.35. The number of imidazole rings is 1. The molecule has 0 saturated carbocycles. The first-order valence-electron chi connectivity index (χ1n) is 8.71. The summed E-state index contributed by atoms with van der Waals surface area (Å²) < 4.78 is 31.9. The summed E-state index contributed by atoms with van der Waals surface area (Å²) in [5.41, 5.74) is 0.597. The van der Waals surface area contributed by atoms with Crippen molar-refractivity contribution in [3.63, 3.8) is 0 Å². The van der Waals surface area contributed by atoms with Crippen molar-refractivity contribution in [2.45, 2.75) is 45.1 Å². The summed E-state index contributed by atoms with van der Waals surface area (Å²) in [4.78, 5) is 21.5. The van der Waals surface area contributed by atoms with Gasteiger partial charge in [0.05, 0.1) is 5.69 Å². The van der Waals surface area contributed by atoms with E-state index in [0.29, 0.717) is 24.3 Å². The van der Waals surface area contributed by atoms with Crippen LogP contribution in [-0.4, -0.2) is 39.7 Å². The van der Waals surface area contributed by atoms with Gasteiger partial charge in [0, 0.05) is 30.8 Å². The quantitative estimate of drug-likeness (QED) is 0.856. The zero-order chi connectivity index (χ0) is 18.9. The maximum Gasteiger partial charge on any atom is 0.410 e. The van der Waals surface area contributed by atoms with Crippen molar-refractivity contribution >= 4 is 6.09 Å². The van der Waals surface area contributed by atoms with E-state index in [1.807, 2.05) is 20.8 Å². The van der Waals surface area contributed by atoms with Crippen LogP contribution < -0.4 is 0 Å². The summed E-state index contributed by atoms with van der Waals surface area (Å²) in [6.07, 6.45) is 2.94. The van der Waals surface area contributed by atoms with Crippen LogP contribution in [0.4, 0.5) is 13.6 Å². The zero-order valence-corrected chi connectivity index (χ0v) is 15.2. The fourth-order valence-corrected chi connectivity index (χ4v) is 3.01. The van der Waals surface area contributed by atoms with Gasteiger partial charge in [-0.25, -0.2) is 18.6 Å². The van der Waals surface area contributed by atoms with Crippen molar-refractivity contribution in [2.24, 2.45) is 0 Å². The Balaban J connectivity index is 1.63. The van der Waals surface area contributed by atoms with E-state index in [1.54, 1.807) is 11.1 Å². The van der Waals surface area contributed by atoms with Gasteiger partial charge < -0.3 is 14.6 Å². The molecule has 26 heavy (non-hydrogen) atoms. The van der Waals surface area contributed by atoms with E-state index in [-0.39, 0.29) is 12.0 Å². The number of nitrogens with one attached hydrogen (secondary N) is 1. The lowest BCUT2D eigenvalue weighted by Crippen LogP contribution is -2.41. The maximum atomic E-state index is 13.4. The smallest absolute Gasteiger partial charge is 0.410 e. The lowest BCUT2D eigenvalue weighted by atomic mass is 9.96. The summed E-state index contributed by atoms with van der Waals surface area (Å²) in [6, 6.07) is 3.74. The first-order valence-corrected chi connectivity index (χ1v) is 8.71. The maximum absolute atomic E-state index is 13.4. The molecule has 7 heteroatoms. The van der Waals surface area contributed by atoms with E-state index >= 15 is 0 Å². The second kappa shape index (κ2) is 7.05. The van der Waals surface area contributed by atoms with Crippen LogP contribution in [0, 0.1) is 11.6 Å². The molecule has 0 radical (unpaired) electrons. The third-order valence-corrected chi connectivity index (χ3v) is 4.35. The van der Waals surface area contributed by atoms with Crippen molar-refractivity contribution in [2.75, 3.05) is 13.1 Å². The van der Waals surface area contributed by atoms with Gasteiger partial charge in [0.2, 0.25) is 0 Å². The van der Waals surface area contributed by atoms with Crippen LogP contribution in [-0.2, 0) is 4.74 Å². The molecule has 0 bridgehead atoms. The molecule has 5 nitrogen and oxygen atoms in total. The highest BCUT2D eigenvalue weighted by atomic mass is 19.2. The third kappa shape index (κ3) is 4.20. The number of amides is 1. The van der Waals surface area contributed by atoms with Gasteiger partial charge in [-0.1, -0.05) is 0 Å². The molecule has 2 aromatic rings. The Bertz CT molecular complexity index is 790. The average molecular weight is 363 g/mol. The molecule has 1 aliphatic heterocycles. The van der Waals surface area contributed by atoms with E-state index < -0.39 is 17.2 Å². The lowest BCUT2D eigenvalue weighted by Gasteiger charge is -2.32. The monoisotopic (exact) mass is 363 g/mol. The minimum absolute atomic E-state index is 0.188. The molecule has 1 aliphatic rings. The van der Waals surface area contributed by atoms with Gasteiger partial charge in [-0.3, -0.25) is 0 Å². The molecule has 1 aromatic carbocycles. The molecular formula is C19H23F2N3O2. The Labute approximate surface area is 151 Å². The average Bonchev–Trinajstić information content (AvgIpc) is 3.06. The molecule has 1 saturated heterocycles. The van der Waals surface area contributed by atoms with Gasteiger partial charge in [0.15, 0.2) is 11.6 Å². The van der Waals surface area contributed by atoms with Crippen LogP contribution >= 0.6 is 0 Å². The number of aromatic nitrogens is 2. The Hall–Kier alpha value is -2.44. The molecule has 1 N–H and O–H groups in total. The molecule has 1 fully saturated rings. The van der Waals surface area contributed by atoms with Crippen molar-refractivity contribution in [3.8, 4) is 11.3 Å². The number of benzene rings is 1. The highest BCUT2D eigenvalue weighted by Crippen LogP contribution is 2.29. The second-order valence-corrected chi connectivity index (χ2v) is 7.54. The normalized spacial score (nSPS) is 16.0. The van der Waals surface area contributed by atoms with Crippen LogP contribution in [0.5, 0.6) is 0 Å². The van der Waals surface area contributed by atoms with Crippen LogP contribution in [0.2, 0.25) is 0 Å². The number of piperidine rings is 1. The summed E-state index contributed by atoms with van der Waals surface area (Å²) >= 11 is 0. The van der Waals surface area contributed by atoms with Gasteiger partial charge >= 0.3 is 6.09 Å². The topological polar surface area (TPSA) is 58.2 Å². The van der Waals surface area contributed by atoms with Gasteiger partial charge in [-0.15, -0.1) is 0 Å². The number of rotatable bonds is 2. The molecular weight excluding hydrogens is 340 g/mol. The number of likely N-dealkylation sites (tertiary alicyclic amines) is 1. The number of carbonyl (C=O) groups excluding carboxylic acids is 1. The predicted octanol–water partition coefficient (Wildman–Crippen LogP) is 4.47. The first-order chi connectivity index (χ1) is 12.2. The number of hydrogen-bond donors (Lipinski definition) is 1. The number of aromatic amines is 1. The number of H-pyrrole nitrogens is 1. The minimum Gasteiger partial charge on any atom is -0.444 e. The van der Waals surface area contributed by atoms with Crippen LogP contribution in [0.3, 0.4) is 0 Å². The largest absolute Gasteiger partial charge is 0.444 e. The van der Waals surface area contributed by atoms with Gasteiger partial charge in [-0.05, 0) is 51.8 Å². The van der Waals surface area contributed by atoms with Crippen LogP contribution in [0.1, 0.15) is 45.4 Å². The van der Waals surface area contributed by atoms with Crippen molar-refractivity contribution in [1.82, 2.24) is 14.9 Å². The van der Waals surface area contributed by atoms with E-state index in [2.05, 4.69) is 9.97 Å². The predicted molar refractivity (Wildman–Crippen MR) is 93.7 cm³/mol. The van der Waals surface area contributed by atoms with E-state index in [1.165, 1.54) is 6.07 Å². The Morgan fingerprint density at radius 3 is 2.54 bits per heavy atom. The Morgan fingerprint density at radius 1 is 1.23 bits per heavy atom. The number of nitrogens with zero attached hydrogens (tertiary/aromatic N) is 2. The number of hydrogen-bond acceptors (Lipinski definition) is 3. The molecule has 1 aromatic heterocycles. The summed E-state index contributed by atoms with van der Waals surface area (Å²) in [6.45, 7) is 6.74. The highest BCUT2D eigenvalue weighted by Gasteiger charge is 2.28. The highest BCUT2D eigenvalue weighted by molar-refractivity contribution is 5.68. The molecule has 0 spiro atoms. The second-order valence-electron chi connectivity index (χ2n) is 7.54. The van der Waals surface area contributed by atoms with Gasteiger partial charge in [-0.2, -0.15) is 0 Å². The molecule has 0 atom stereocenters. The van der Waals surface area contributed by atoms with E-state index in [9.17, 15) is 13.6 Å². The van der Waals surface area contributed by atoms with Crippen molar-refractivity contribution < 1.29 is 18.3 Å². The Morgan fingerprint density at radius 2 is 1.92 bits per heavy atom. The van der Waals surface area contributed by atoms with Crippen molar-refractivity contribution in [1.29, 1.82) is 0 Å². The van der Waals surface area contributed by atoms with Gasteiger partial charge in [0.25, 0.3) is 0 Å². The number of ether oxygens (including phenoxy) is 1. The molecule has 140 valence electrons. The zero-order valence-electron chi connectivity index (χ0n) is 15.2. The summed E-state index contributed by atoms with van der Waals surface area (Å²) in [5.74, 6) is -0.780. The molecule has 0 unspecified atom stereocenters. The van der Waals surface area contributed by atoms with Crippen molar-refractivity contribution in [3.05, 3.63) is 41.9 Å². The molecule has 1 amide bonds. The van der Waals surface area contributed by atoms with E-state index in [4.69, 9.17) is 4.74 Å². The van der Waals surface area contributed by atoms with Gasteiger partial charge in [0.1, 0.15) is 11.4 Å². The van der Waals surface area contributed by atoms with E-state index in [0.717, 1.165) is 30.8 Å². The van der Waals surface area contributed by atoms with Crippen LogP contribution in [0.15, 0.2) is 24.4 Å². The molecule has 0 aliphatic carbocycles. The fourth-order valence-electron chi connectivity index (χ4n) is 3.01. The number of halogens is 2. The Kier molecular flexibility index (Phi) is 4.98. The SMILES string of the molecule is CC(C)(C)OC(=O)N1CCC(c2nc(-c3ccc(F)c(F)c3)c[nH]2)CC1. The summed E-state index contributed by atoms with van der Waals surface area (Å²) in [5, 5.41) is 0. The standard InChI is InChI=1S/C19H23F2N3O2/c1-19(2,3)26-18(25)24-8-6-12(7-9-24)17-22-11-16(23-17)13-4-5-14(20)15(21)10-13/h4-5,10-12H,6-9H2,1-3H3,(H,22,23). The molecule has 2 heterocycles. The molecule has 3 rings (SSSR count). The minimum atomic E-state index is -0.891. The fraction of sp³-hybridized carbons (Fsp3) is 0.474. The van der Waals surface area contributed by atoms with Crippen LogP contribution in [0.25, 0.3) is 11.3 Å².